The van der Waals surface area contributed by atoms with Crippen LogP contribution in [0.25, 0.3) is 0 Å². The zero-order valence-corrected chi connectivity index (χ0v) is 16.6. The van der Waals surface area contributed by atoms with Gasteiger partial charge in [-0.3, -0.25) is 15.1 Å². The van der Waals surface area contributed by atoms with Crippen LogP contribution in [0.1, 0.15) is 42.7 Å². The van der Waals surface area contributed by atoms with Crippen molar-refractivity contribution < 1.29 is 14.1 Å². The van der Waals surface area contributed by atoms with Gasteiger partial charge in [-0.1, -0.05) is 25.9 Å². The molecule has 9 heteroatoms. The van der Waals surface area contributed by atoms with Crippen LogP contribution in [-0.4, -0.2) is 27.1 Å². The number of aryl methyl sites for hydroxylation is 1. The standard InChI is InChI=1S/C20H22N6O3/c1-12-10-22-15(11-21-12)18(27)23-13-5-7-14(8-6-13)24-19(28)25-17-9-16(29-26-17)20(2,3)4/h5-11H,1-4H3,(H,23,27)(H2,24,25,26,28). The number of carbonyl (C=O) groups is 2. The van der Waals surface area contributed by atoms with E-state index in [9.17, 15) is 9.59 Å². The van der Waals surface area contributed by atoms with E-state index in [1.807, 2.05) is 20.8 Å². The SMILES string of the molecule is Cc1cnc(C(=O)Nc2ccc(NC(=O)Nc3cc(C(C)(C)C)on3)cc2)cn1. The number of carbonyl (C=O) groups excluding carboxylic acids is 2. The fourth-order valence-corrected chi connectivity index (χ4v) is 2.31. The molecule has 0 spiro atoms. The van der Waals surface area contributed by atoms with E-state index in [4.69, 9.17) is 4.52 Å². The Hall–Kier alpha value is -3.75. The molecule has 0 aliphatic carbocycles. The molecular weight excluding hydrogens is 372 g/mol. The summed E-state index contributed by atoms with van der Waals surface area (Å²) in [5.74, 6) is 0.637. The van der Waals surface area contributed by atoms with E-state index in [1.54, 1.807) is 37.3 Å². The zero-order valence-electron chi connectivity index (χ0n) is 16.6. The maximum absolute atomic E-state index is 12.2. The van der Waals surface area contributed by atoms with Gasteiger partial charge in [0.2, 0.25) is 0 Å². The highest BCUT2D eigenvalue weighted by molar-refractivity contribution is 6.03. The van der Waals surface area contributed by atoms with Crippen molar-refractivity contribution in [2.24, 2.45) is 0 Å². The molecule has 29 heavy (non-hydrogen) atoms. The molecule has 2 heterocycles. The number of hydrogen-bond donors (Lipinski definition) is 3. The minimum Gasteiger partial charge on any atom is -0.359 e. The lowest BCUT2D eigenvalue weighted by atomic mass is 9.93. The summed E-state index contributed by atoms with van der Waals surface area (Å²) in [6.07, 6.45) is 2.94. The van der Waals surface area contributed by atoms with Crippen LogP contribution in [-0.2, 0) is 5.41 Å². The van der Waals surface area contributed by atoms with E-state index >= 15 is 0 Å². The summed E-state index contributed by atoms with van der Waals surface area (Å²) in [5.41, 5.74) is 1.87. The van der Waals surface area contributed by atoms with Gasteiger partial charge in [0, 0.05) is 29.1 Å². The summed E-state index contributed by atoms with van der Waals surface area (Å²) in [6.45, 7) is 7.76. The lowest BCUT2D eigenvalue weighted by molar-refractivity contribution is 0.102. The van der Waals surface area contributed by atoms with Gasteiger partial charge in [0.05, 0.1) is 11.9 Å². The summed E-state index contributed by atoms with van der Waals surface area (Å²) < 4.78 is 5.23. The fraction of sp³-hybridized carbons (Fsp3) is 0.250. The van der Waals surface area contributed by atoms with Gasteiger partial charge >= 0.3 is 6.03 Å². The minimum atomic E-state index is -0.453. The lowest BCUT2D eigenvalue weighted by Crippen LogP contribution is -2.19. The number of anilines is 3. The number of aromatic nitrogens is 3. The molecule has 0 saturated heterocycles. The molecule has 0 aliphatic rings. The number of nitrogens with one attached hydrogen (secondary N) is 3. The van der Waals surface area contributed by atoms with Crippen LogP contribution in [0.15, 0.2) is 47.2 Å². The number of hydrogen-bond acceptors (Lipinski definition) is 6. The number of rotatable bonds is 4. The Kier molecular flexibility index (Phi) is 5.58. The maximum Gasteiger partial charge on any atom is 0.324 e. The van der Waals surface area contributed by atoms with Crippen molar-refractivity contribution >= 4 is 29.1 Å². The summed E-state index contributed by atoms with van der Waals surface area (Å²) in [6, 6.07) is 7.90. The van der Waals surface area contributed by atoms with Crippen LogP contribution in [0.5, 0.6) is 0 Å². The summed E-state index contributed by atoms with van der Waals surface area (Å²) >= 11 is 0. The van der Waals surface area contributed by atoms with Crippen molar-refractivity contribution in [3.63, 3.8) is 0 Å². The monoisotopic (exact) mass is 394 g/mol. The van der Waals surface area contributed by atoms with E-state index < -0.39 is 6.03 Å². The fourth-order valence-electron chi connectivity index (χ4n) is 2.31. The van der Waals surface area contributed by atoms with Gasteiger partial charge in [-0.15, -0.1) is 0 Å². The molecule has 3 amide bonds. The molecule has 0 aliphatic heterocycles. The first kappa shape index (κ1) is 20.0. The predicted octanol–water partition coefficient (Wildman–Crippen LogP) is 3.97. The highest BCUT2D eigenvalue weighted by Crippen LogP contribution is 2.24. The van der Waals surface area contributed by atoms with Crippen LogP contribution in [0.3, 0.4) is 0 Å². The predicted molar refractivity (Wildman–Crippen MR) is 109 cm³/mol. The number of benzene rings is 1. The Morgan fingerprint density at radius 3 is 2.14 bits per heavy atom. The first-order valence-corrected chi connectivity index (χ1v) is 8.96. The third-order valence-corrected chi connectivity index (χ3v) is 3.91. The van der Waals surface area contributed by atoms with Crippen molar-refractivity contribution in [1.29, 1.82) is 0 Å². The van der Waals surface area contributed by atoms with E-state index in [2.05, 4.69) is 31.1 Å². The molecule has 9 nitrogen and oxygen atoms in total. The second-order valence-electron chi connectivity index (χ2n) is 7.48. The molecular formula is C20H22N6O3. The second-order valence-corrected chi connectivity index (χ2v) is 7.48. The molecule has 0 atom stereocenters. The zero-order chi connectivity index (χ0) is 21.0. The van der Waals surface area contributed by atoms with Gasteiger partial charge < -0.3 is 15.2 Å². The number of urea groups is 1. The van der Waals surface area contributed by atoms with Gasteiger partial charge in [0.25, 0.3) is 5.91 Å². The summed E-state index contributed by atoms with van der Waals surface area (Å²) in [5, 5.41) is 11.9. The molecule has 0 fully saturated rings. The van der Waals surface area contributed by atoms with E-state index in [-0.39, 0.29) is 17.0 Å². The van der Waals surface area contributed by atoms with Gasteiger partial charge in [-0.05, 0) is 31.2 Å². The quantitative estimate of drug-likeness (QED) is 0.615. The molecule has 0 bridgehead atoms. The first-order valence-electron chi connectivity index (χ1n) is 8.96. The normalized spacial score (nSPS) is 11.0. The molecule has 2 aromatic heterocycles. The summed E-state index contributed by atoms with van der Waals surface area (Å²) in [7, 11) is 0. The summed E-state index contributed by atoms with van der Waals surface area (Å²) in [4.78, 5) is 32.4. The van der Waals surface area contributed by atoms with Crippen molar-refractivity contribution in [2.75, 3.05) is 16.0 Å². The molecule has 3 rings (SSSR count). The van der Waals surface area contributed by atoms with Crippen LogP contribution >= 0.6 is 0 Å². The van der Waals surface area contributed by atoms with Crippen LogP contribution in [0, 0.1) is 6.92 Å². The Balaban J connectivity index is 1.56. The Morgan fingerprint density at radius 2 is 1.59 bits per heavy atom. The van der Waals surface area contributed by atoms with E-state index in [1.165, 1.54) is 12.4 Å². The Morgan fingerprint density at radius 1 is 0.931 bits per heavy atom. The van der Waals surface area contributed by atoms with Crippen molar-refractivity contribution in [3.05, 3.63) is 59.9 Å². The maximum atomic E-state index is 12.2. The van der Waals surface area contributed by atoms with Gasteiger partial charge in [-0.25, -0.2) is 9.78 Å². The highest BCUT2D eigenvalue weighted by Gasteiger charge is 2.20. The van der Waals surface area contributed by atoms with Crippen LogP contribution < -0.4 is 16.0 Å². The van der Waals surface area contributed by atoms with Crippen LogP contribution in [0.2, 0.25) is 0 Å². The highest BCUT2D eigenvalue weighted by atomic mass is 16.5. The number of amides is 3. The number of nitrogens with zero attached hydrogens (tertiary/aromatic N) is 3. The Labute approximate surface area is 167 Å². The van der Waals surface area contributed by atoms with Crippen molar-refractivity contribution in [3.8, 4) is 0 Å². The average molecular weight is 394 g/mol. The van der Waals surface area contributed by atoms with Gasteiger partial charge in [0.1, 0.15) is 11.5 Å². The van der Waals surface area contributed by atoms with Gasteiger partial charge in [0.15, 0.2) is 5.82 Å². The van der Waals surface area contributed by atoms with E-state index in [0.717, 1.165) is 5.69 Å². The van der Waals surface area contributed by atoms with Crippen molar-refractivity contribution in [2.45, 2.75) is 33.1 Å². The molecule has 3 aromatic rings. The molecule has 3 N–H and O–H groups in total. The molecule has 0 saturated carbocycles. The smallest absolute Gasteiger partial charge is 0.324 e. The van der Waals surface area contributed by atoms with E-state index in [0.29, 0.717) is 23.0 Å². The third kappa shape index (κ3) is 5.38. The minimum absolute atomic E-state index is 0.201. The van der Waals surface area contributed by atoms with Crippen molar-refractivity contribution in [1.82, 2.24) is 15.1 Å². The lowest BCUT2D eigenvalue weighted by Gasteiger charge is -2.12. The topological polar surface area (TPSA) is 122 Å². The largest absolute Gasteiger partial charge is 0.359 e. The van der Waals surface area contributed by atoms with Crippen LogP contribution in [0.4, 0.5) is 22.0 Å². The Bertz CT molecular complexity index is 1000. The third-order valence-electron chi connectivity index (χ3n) is 3.91. The molecule has 1 aromatic carbocycles. The average Bonchev–Trinajstić information content (AvgIpc) is 3.12. The first-order chi connectivity index (χ1) is 13.7. The molecule has 150 valence electrons. The molecule has 0 radical (unpaired) electrons. The van der Waals surface area contributed by atoms with Gasteiger partial charge in [-0.2, -0.15) is 0 Å². The molecule has 0 unspecified atom stereocenters. The second kappa shape index (κ2) is 8.09.